The molecule has 0 unspecified atom stereocenters. The molecule has 2 amide bonds. The number of rotatable bonds is 15. The first-order chi connectivity index (χ1) is 18.5. The molecule has 8 nitrogen and oxygen atoms in total. The van der Waals surface area contributed by atoms with Crippen LogP contribution in [-0.2, 0) is 19.9 Å². The van der Waals surface area contributed by atoms with Crippen molar-refractivity contribution in [3.05, 3.63) is 95.6 Å². The normalized spacial score (nSPS) is 11.0. The van der Waals surface area contributed by atoms with Gasteiger partial charge in [0.2, 0.25) is 11.8 Å². The molecule has 3 aromatic rings. The minimum atomic E-state index is -0.920. The molecule has 0 aromatic heterocycles. The molecule has 38 heavy (non-hydrogen) atoms. The van der Waals surface area contributed by atoms with Gasteiger partial charge in [0, 0.05) is 19.7 Å². The van der Waals surface area contributed by atoms with Crippen LogP contribution in [0.5, 0.6) is 11.5 Å². The van der Waals surface area contributed by atoms with E-state index in [-0.39, 0.29) is 24.8 Å². The number of carbonyl (C=O) groups excluding carboxylic acids is 2. The van der Waals surface area contributed by atoms with E-state index in [1.165, 1.54) is 0 Å². The largest absolute Gasteiger partial charge is 0.497 e. The van der Waals surface area contributed by atoms with E-state index in [4.69, 9.17) is 19.3 Å². The Kier molecular flexibility index (Phi) is 11.1. The molecule has 202 valence electrons. The molecular formula is C30H36N2O6. The highest BCUT2D eigenvalue weighted by atomic mass is 16.5. The number of nitrogens with one attached hydrogen (secondary N) is 2. The minimum Gasteiger partial charge on any atom is -0.497 e. The third kappa shape index (κ3) is 7.57. The van der Waals surface area contributed by atoms with Crippen molar-refractivity contribution in [1.29, 1.82) is 0 Å². The van der Waals surface area contributed by atoms with Crippen LogP contribution in [0.25, 0.3) is 0 Å². The molecule has 0 heterocycles. The monoisotopic (exact) mass is 520 g/mol. The van der Waals surface area contributed by atoms with Crippen molar-refractivity contribution in [3.8, 4) is 11.5 Å². The SMILES string of the molecule is COc1ccc(C(OCCCNC(=O)CC(=O)NCCCO)(c2ccccc2)c2ccc(OC)cc2)cc1. The molecule has 0 spiro atoms. The van der Waals surface area contributed by atoms with Crippen molar-refractivity contribution in [2.75, 3.05) is 40.5 Å². The van der Waals surface area contributed by atoms with E-state index in [0.29, 0.717) is 32.5 Å². The van der Waals surface area contributed by atoms with Gasteiger partial charge in [-0.1, -0.05) is 54.6 Å². The van der Waals surface area contributed by atoms with Crippen LogP contribution in [0.1, 0.15) is 36.0 Å². The Labute approximate surface area is 223 Å². The minimum absolute atomic E-state index is 0.00992. The van der Waals surface area contributed by atoms with Crippen molar-refractivity contribution >= 4 is 11.8 Å². The highest BCUT2D eigenvalue weighted by Gasteiger charge is 2.37. The Morgan fingerprint density at radius 1 is 0.711 bits per heavy atom. The number of hydrogen-bond donors (Lipinski definition) is 3. The Hall–Kier alpha value is -3.88. The van der Waals surface area contributed by atoms with Crippen LogP contribution in [0, 0.1) is 0 Å². The zero-order chi connectivity index (χ0) is 27.2. The fourth-order valence-electron chi connectivity index (χ4n) is 4.18. The van der Waals surface area contributed by atoms with E-state index < -0.39 is 5.60 Å². The molecule has 3 rings (SSSR count). The Balaban J connectivity index is 1.78. The number of hydrogen-bond acceptors (Lipinski definition) is 6. The van der Waals surface area contributed by atoms with E-state index in [1.807, 2.05) is 78.9 Å². The number of aliphatic hydroxyl groups is 1. The molecule has 3 aromatic carbocycles. The predicted molar refractivity (Wildman–Crippen MR) is 145 cm³/mol. The van der Waals surface area contributed by atoms with Crippen LogP contribution in [-0.4, -0.2) is 57.4 Å². The summed E-state index contributed by atoms with van der Waals surface area (Å²) in [5, 5.41) is 14.2. The smallest absolute Gasteiger partial charge is 0.229 e. The number of carbonyl (C=O) groups is 2. The zero-order valence-corrected chi connectivity index (χ0v) is 21.9. The summed E-state index contributed by atoms with van der Waals surface area (Å²) in [6.07, 6.45) is 0.743. The molecule has 0 bridgehead atoms. The number of amides is 2. The van der Waals surface area contributed by atoms with Crippen LogP contribution in [0.3, 0.4) is 0 Å². The van der Waals surface area contributed by atoms with Gasteiger partial charge >= 0.3 is 0 Å². The maximum Gasteiger partial charge on any atom is 0.229 e. The molecular weight excluding hydrogens is 484 g/mol. The fourth-order valence-corrected chi connectivity index (χ4v) is 4.18. The second-order valence-electron chi connectivity index (χ2n) is 8.66. The van der Waals surface area contributed by atoms with Crippen LogP contribution in [0.15, 0.2) is 78.9 Å². The van der Waals surface area contributed by atoms with Crippen molar-refractivity contribution < 1.29 is 28.9 Å². The summed E-state index contributed by atoms with van der Waals surface area (Å²) in [6, 6.07) is 25.6. The van der Waals surface area contributed by atoms with Gasteiger partial charge in [0.1, 0.15) is 23.5 Å². The summed E-state index contributed by atoms with van der Waals surface area (Å²) in [5.74, 6) is 0.766. The number of methoxy groups -OCH3 is 2. The van der Waals surface area contributed by atoms with Gasteiger partial charge in [0.25, 0.3) is 0 Å². The Bertz CT molecular complexity index is 1090. The van der Waals surface area contributed by atoms with Crippen molar-refractivity contribution in [1.82, 2.24) is 10.6 Å². The lowest BCUT2D eigenvalue weighted by Crippen LogP contribution is -2.35. The summed E-state index contributed by atoms with van der Waals surface area (Å²) >= 11 is 0. The summed E-state index contributed by atoms with van der Waals surface area (Å²) < 4.78 is 17.5. The maximum atomic E-state index is 12.1. The first-order valence-electron chi connectivity index (χ1n) is 12.7. The van der Waals surface area contributed by atoms with Crippen LogP contribution in [0.4, 0.5) is 0 Å². The van der Waals surface area contributed by atoms with Crippen molar-refractivity contribution in [3.63, 3.8) is 0 Å². The van der Waals surface area contributed by atoms with Crippen molar-refractivity contribution in [2.45, 2.75) is 24.9 Å². The summed E-state index contributed by atoms with van der Waals surface area (Å²) in [5.41, 5.74) is 1.89. The Morgan fingerprint density at radius 3 is 1.66 bits per heavy atom. The molecule has 0 saturated heterocycles. The van der Waals surface area contributed by atoms with Crippen LogP contribution >= 0.6 is 0 Å². The fraction of sp³-hybridized carbons (Fsp3) is 0.333. The zero-order valence-electron chi connectivity index (χ0n) is 21.9. The van der Waals surface area contributed by atoms with E-state index in [2.05, 4.69) is 10.6 Å². The van der Waals surface area contributed by atoms with E-state index in [0.717, 1.165) is 28.2 Å². The van der Waals surface area contributed by atoms with Gasteiger partial charge in [-0.15, -0.1) is 0 Å². The topological polar surface area (TPSA) is 106 Å². The van der Waals surface area contributed by atoms with Gasteiger partial charge < -0.3 is 30.0 Å². The van der Waals surface area contributed by atoms with E-state index in [1.54, 1.807) is 14.2 Å². The average molecular weight is 521 g/mol. The van der Waals surface area contributed by atoms with Gasteiger partial charge in [0.15, 0.2) is 0 Å². The lowest BCUT2D eigenvalue weighted by molar-refractivity contribution is -0.129. The van der Waals surface area contributed by atoms with Gasteiger partial charge in [-0.3, -0.25) is 9.59 Å². The highest BCUT2D eigenvalue weighted by Crippen LogP contribution is 2.41. The third-order valence-electron chi connectivity index (χ3n) is 6.11. The first kappa shape index (κ1) is 28.7. The van der Waals surface area contributed by atoms with Gasteiger partial charge in [0.05, 0.1) is 20.8 Å². The molecule has 3 N–H and O–H groups in total. The van der Waals surface area contributed by atoms with Gasteiger partial charge in [-0.2, -0.15) is 0 Å². The standard InChI is InChI=1S/C30H36N2O6/c1-36-26-14-10-24(11-15-26)30(23-8-4-3-5-9-23,25-12-16-27(37-2)17-13-25)38-21-7-19-32-29(35)22-28(34)31-18-6-20-33/h3-5,8-17,33H,6-7,18-22H2,1-2H3,(H,31,34)(H,32,35). The molecule has 0 aliphatic rings. The van der Waals surface area contributed by atoms with Gasteiger partial charge in [-0.05, 0) is 53.8 Å². The van der Waals surface area contributed by atoms with Gasteiger partial charge in [-0.25, -0.2) is 0 Å². The first-order valence-corrected chi connectivity index (χ1v) is 12.7. The molecule has 0 radical (unpaired) electrons. The number of benzene rings is 3. The maximum absolute atomic E-state index is 12.1. The molecule has 8 heteroatoms. The second kappa shape index (κ2) is 14.8. The average Bonchev–Trinajstić information content (AvgIpc) is 2.96. The summed E-state index contributed by atoms with van der Waals surface area (Å²) in [6.45, 7) is 1.04. The molecule has 0 aliphatic carbocycles. The summed E-state index contributed by atoms with van der Waals surface area (Å²) in [7, 11) is 3.26. The van der Waals surface area contributed by atoms with Crippen molar-refractivity contribution in [2.24, 2.45) is 0 Å². The predicted octanol–water partition coefficient (Wildman–Crippen LogP) is 3.41. The lowest BCUT2D eigenvalue weighted by Gasteiger charge is -2.36. The van der Waals surface area contributed by atoms with E-state index in [9.17, 15) is 9.59 Å². The quantitative estimate of drug-likeness (QED) is 0.161. The molecule has 0 atom stereocenters. The highest BCUT2D eigenvalue weighted by molar-refractivity contribution is 5.96. The second-order valence-corrected chi connectivity index (χ2v) is 8.66. The third-order valence-corrected chi connectivity index (χ3v) is 6.11. The molecule has 0 fully saturated rings. The lowest BCUT2D eigenvalue weighted by atomic mass is 9.80. The van der Waals surface area contributed by atoms with Crippen LogP contribution in [0.2, 0.25) is 0 Å². The summed E-state index contributed by atoms with van der Waals surface area (Å²) in [4.78, 5) is 24.0. The van der Waals surface area contributed by atoms with Crippen LogP contribution < -0.4 is 20.1 Å². The Morgan fingerprint density at radius 2 is 1.18 bits per heavy atom. The molecule has 0 saturated carbocycles. The number of aliphatic hydroxyl groups excluding tert-OH is 1. The number of ether oxygens (including phenoxy) is 3. The molecule has 0 aliphatic heterocycles. The van der Waals surface area contributed by atoms with E-state index >= 15 is 0 Å².